The van der Waals surface area contributed by atoms with Crippen LogP contribution >= 0.6 is 0 Å². The number of hydrogen-bond acceptors (Lipinski definition) is 2. The second-order valence-corrected chi connectivity index (χ2v) is 3.85. The number of nitrogens with zero attached hydrogens (tertiary/aromatic N) is 2. The van der Waals surface area contributed by atoms with Crippen molar-refractivity contribution in [2.75, 3.05) is 5.32 Å². The van der Waals surface area contributed by atoms with E-state index in [4.69, 9.17) is 0 Å². The van der Waals surface area contributed by atoms with Gasteiger partial charge in [-0.3, -0.25) is 4.68 Å². The predicted octanol–water partition coefficient (Wildman–Crippen LogP) is 2.59. The molecule has 0 saturated carbocycles. The lowest BCUT2D eigenvalue weighted by molar-refractivity contribution is 0.746. The number of nitrogens with one attached hydrogen (secondary N) is 1. The maximum Gasteiger partial charge on any atom is 0.0671 e. The van der Waals surface area contributed by atoms with E-state index in [1.165, 1.54) is 11.3 Å². The molecule has 2 rings (SSSR count). The van der Waals surface area contributed by atoms with Crippen molar-refractivity contribution in [3.8, 4) is 0 Å². The molecule has 0 aliphatic carbocycles. The number of hydrogen-bond donors (Lipinski definition) is 1. The highest BCUT2D eigenvalue weighted by Crippen LogP contribution is 2.11. The summed E-state index contributed by atoms with van der Waals surface area (Å²) < 4.78 is 1.88. The van der Waals surface area contributed by atoms with Crippen LogP contribution in [0.5, 0.6) is 0 Å². The Bertz CT molecular complexity index is 445. The van der Waals surface area contributed by atoms with Crippen LogP contribution in [0, 0.1) is 0 Å². The van der Waals surface area contributed by atoms with E-state index in [0.717, 1.165) is 18.7 Å². The van der Waals surface area contributed by atoms with Crippen molar-refractivity contribution in [3.63, 3.8) is 0 Å². The molecular formula is C13H17N3. The highest BCUT2D eigenvalue weighted by molar-refractivity contribution is 5.43. The van der Waals surface area contributed by atoms with E-state index < -0.39 is 0 Å². The van der Waals surface area contributed by atoms with Gasteiger partial charge in [0.05, 0.1) is 5.69 Å². The summed E-state index contributed by atoms with van der Waals surface area (Å²) >= 11 is 0. The maximum atomic E-state index is 4.42. The van der Waals surface area contributed by atoms with Crippen LogP contribution in [-0.4, -0.2) is 9.78 Å². The van der Waals surface area contributed by atoms with Gasteiger partial charge in [0.2, 0.25) is 0 Å². The molecule has 84 valence electrons. The predicted molar refractivity (Wildman–Crippen MR) is 66.4 cm³/mol. The summed E-state index contributed by atoms with van der Waals surface area (Å²) in [5, 5.41) is 7.81. The Kier molecular flexibility index (Phi) is 3.25. The summed E-state index contributed by atoms with van der Waals surface area (Å²) in [5.41, 5.74) is 3.59. The molecule has 3 nitrogen and oxygen atoms in total. The van der Waals surface area contributed by atoms with E-state index in [1.807, 2.05) is 29.9 Å². The number of rotatable bonds is 4. The number of aryl methyl sites for hydroxylation is 2. The van der Waals surface area contributed by atoms with Crippen LogP contribution in [0.3, 0.4) is 0 Å². The number of benzene rings is 1. The fraction of sp³-hybridized carbons (Fsp3) is 0.308. The molecule has 1 heterocycles. The van der Waals surface area contributed by atoms with E-state index >= 15 is 0 Å². The van der Waals surface area contributed by atoms with E-state index in [0.29, 0.717) is 0 Å². The third-order valence-corrected chi connectivity index (χ3v) is 2.58. The highest BCUT2D eigenvalue weighted by Gasteiger charge is 2.04. The van der Waals surface area contributed by atoms with Crippen molar-refractivity contribution >= 4 is 5.69 Å². The minimum Gasteiger partial charge on any atom is -0.381 e. The van der Waals surface area contributed by atoms with Crippen molar-refractivity contribution in [1.29, 1.82) is 0 Å². The summed E-state index contributed by atoms with van der Waals surface area (Å²) in [6.07, 6.45) is 3.06. The molecule has 0 amide bonds. The number of anilines is 1. The Balaban J connectivity index is 2.04. The molecule has 0 atom stereocenters. The molecule has 1 aromatic carbocycles. The van der Waals surface area contributed by atoms with Gasteiger partial charge >= 0.3 is 0 Å². The van der Waals surface area contributed by atoms with Gasteiger partial charge in [-0.15, -0.1) is 0 Å². The largest absolute Gasteiger partial charge is 0.381 e. The molecule has 0 bridgehead atoms. The second kappa shape index (κ2) is 4.84. The van der Waals surface area contributed by atoms with Gasteiger partial charge < -0.3 is 5.32 Å². The molecule has 0 spiro atoms. The Labute approximate surface area is 96.1 Å². The molecule has 2 aromatic rings. The van der Waals surface area contributed by atoms with E-state index in [9.17, 15) is 0 Å². The fourth-order valence-corrected chi connectivity index (χ4v) is 1.78. The quantitative estimate of drug-likeness (QED) is 0.849. The first-order valence-electron chi connectivity index (χ1n) is 5.60. The van der Waals surface area contributed by atoms with Crippen LogP contribution in [0.1, 0.15) is 18.2 Å². The zero-order valence-corrected chi connectivity index (χ0v) is 9.77. The fourth-order valence-electron chi connectivity index (χ4n) is 1.78. The first-order chi connectivity index (χ1) is 7.79. The van der Waals surface area contributed by atoms with Gasteiger partial charge in [-0.25, -0.2) is 0 Å². The topological polar surface area (TPSA) is 29.9 Å². The first kappa shape index (κ1) is 10.7. The van der Waals surface area contributed by atoms with Gasteiger partial charge in [-0.2, -0.15) is 5.10 Å². The molecular weight excluding hydrogens is 198 g/mol. The van der Waals surface area contributed by atoms with Crippen LogP contribution < -0.4 is 5.32 Å². The summed E-state index contributed by atoms with van der Waals surface area (Å²) in [6.45, 7) is 2.97. The minimum absolute atomic E-state index is 0.834. The summed E-state index contributed by atoms with van der Waals surface area (Å²) in [7, 11) is 1.96. The van der Waals surface area contributed by atoms with Gasteiger partial charge in [0.25, 0.3) is 0 Å². The van der Waals surface area contributed by atoms with Crippen molar-refractivity contribution < 1.29 is 0 Å². The lowest BCUT2D eigenvalue weighted by Gasteiger charge is -2.05. The van der Waals surface area contributed by atoms with Gasteiger partial charge in [0, 0.05) is 31.0 Å². The Morgan fingerprint density at radius 3 is 2.69 bits per heavy atom. The van der Waals surface area contributed by atoms with Crippen LogP contribution in [0.4, 0.5) is 5.69 Å². The summed E-state index contributed by atoms with van der Waals surface area (Å²) in [5.74, 6) is 0. The first-order valence-corrected chi connectivity index (χ1v) is 5.60. The normalized spacial score (nSPS) is 10.4. The van der Waals surface area contributed by atoms with Gasteiger partial charge in [0.15, 0.2) is 0 Å². The van der Waals surface area contributed by atoms with Crippen LogP contribution in [0.15, 0.2) is 36.5 Å². The van der Waals surface area contributed by atoms with Crippen molar-refractivity contribution in [1.82, 2.24) is 9.78 Å². The summed E-state index contributed by atoms with van der Waals surface area (Å²) in [6, 6.07) is 10.2. The molecule has 3 heteroatoms. The van der Waals surface area contributed by atoms with Crippen LogP contribution in [-0.2, 0) is 20.0 Å². The zero-order valence-electron chi connectivity index (χ0n) is 9.77. The van der Waals surface area contributed by atoms with Crippen molar-refractivity contribution in [3.05, 3.63) is 47.8 Å². The lowest BCUT2D eigenvalue weighted by atomic mass is 10.2. The highest BCUT2D eigenvalue weighted by atomic mass is 15.3. The van der Waals surface area contributed by atoms with Crippen LogP contribution in [0.2, 0.25) is 0 Å². The minimum atomic E-state index is 0.834. The maximum absolute atomic E-state index is 4.42. The van der Waals surface area contributed by atoms with Gasteiger partial charge in [0.1, 0.15) is 0 Å². The molecule has 0 radical (unpaired) electrons. The molecule has 0 aliphatic heterocycles. The monoisotopic (exact) mass is 215 g/mol. The third-order valence-electron chi connectivity index (χ3n) is 2.58. The molecule has 1 N–H and O–H groups in total. The molecule has 1 aromatic heterocycles. The second-order valence-electron chi connectivity index (χ2n) is 3.85. The zero-order chi connectivity index (χ0) is 11.4. The van der Waals surface area contributed by atoms with Gasteiger partial charge in [-0.1, -0.05) is 25.1 Å². The van der Waals surface area contributed by atoms with Crippen LogP contribution in [0.25, 0.3) is 0 Å². The molecule has 0 unspecified atom stereocenters. The Hall–Kier alpha value is -1.77. The average Bonchev–Trinajstić information content (AvgIpc) is 2.68. The van der Waals surface area contributed by atoms with E-state index in [1.54, 1.807) is 0 Å². The number of para-hydroxylation sites is 1. The molecule has 0 saturated heterocycles. The van der Waals surface area contributed by atoms with Crippen molar-refractivity contribution in [2.45, 2.75) is 19.9 Å². The third kappa shape index (κ3) is 2.42. The SMILES string of the molecule is CCc1nn(C)cc1CNc1ccccc1. The lowest BCUT2D eigenvalue weighted by Crippen LogP contribution is -2.00. The Morgan fingerprint density at radius 1 is 1.25 bits per heavy atom. The molecule has 0 fully saturated rings. The number of aromatic nitrogens is 2. The standard InChI is InChI=1S/C13H17N3/c1-3-13-11(10-16(2)15-13)9-14-12-7-5-4-6-8-12/h4-8,10,14H,3,9H2,1-2H3. The van der Waals surface area contributed by atoms with E-state index in [-0.39, 0.29) is 0 Å². The molecule has 16 heavy (non-hydrogen) atoms. The summed E-state index contributed by atoms with van der Waals surface area (Å²) in [4.78, 5) is 0. The molecule has 0 aliphatic rings. The average molecular weight is 215 g/mol. The van der Waals surface area contributed by atoms with Gasteiger partial charge in [-0.05, 0) is 18.6 Å². The van der Waals surface area contributed by atoms with E-state index in [2.05, 4.69) is 35.7 Å². The Morgan fingerprint density at radius 2 is 2.00 bits per heavy atom. The smallest absolute Gasteiger partial charge is 0.0671 e. The van der Waals surface area contributed by atoms with Crippen molar-refractivity contribution in [2.24, 2.45) is 7.05 Å².